The van der Waals surface area contributed by atoms with E-state index in [0.717, 1.165) is 29.4 Å². The molecule has 0 spiro atoms. The molecule has 4 nitrogen and oxygen atoms in total. The van der Waals surface area contributed by atoms with Crippen LogP contribution >= 0.6 is 0 Å². The van der Waals surface area contributed by atoms with Gasteiger partial charge in [0.15, 0.2) is 0 Å². The monoisotopic (exact) mass is 274 g/mol. The van der Waals surface area contributed by atoms with Gasteiger partial charge in [-0.2, -0.15) is 0 Å². The van der Waals surface area contributed by atoms with E-state index in [9.17, 15) is 10.2 Å². The van der Waals surface area contributed by atoms with Crippen molar-refractivity contribution in [1.29, 1.82) is 0 Å². The Kier molecular flexibility index (Phi) is 4.45. The first-order chi connectivity index (χ1) is 9.64. The Labute approximate surface area is 119 Å². The van der Waals surface area contributed by atoms with E-state index < -0.39 is 0 Å². The molecule has 3 N–H and O–H groups in total. The Morgan fingerprint density at radius 3 is 2.60 bits per heavy atom. The molecule has 0 amide bonds. The topological polar surface area (TPSA) is 65.4 Å². The van der Waals surface area contributed by atoms with Gasteiger partial charge in [-0.3, -0.25) is 0 Å². The summed E-state index contributed by atoms with van der Waals surface area (Å²) in [4.78, 5) is 4.35. The largest absolute Gasteiger partial charge is 0.508 e. The molecule has 0 aliphatic heterocycles. The third-order valence-electron chi connectivity index (χ3n) is 4.22. The summed E-state index contributed by atoms with van der Waals surface area (Å²) in [6.07, 6.45) is 3.56. The van der Waals surface area contributed by atoms with Gasteiger partial charge in [-0.15, -0.1) is 0 Å². The number of fused-ring (bicyclic) bond motifs is 1. The van der Waals surface area contributed by atoms with E-state index in [2.05, 4.69) is 24.1 Å². The molecule has 1 heterocycles. The third kappa shape index (κ3) is 2.85. The molecule has 0 saturated heterocycles. The number of pyridine rings is 1. The van der Waals surface area contributed by atoms with Gasteiger partial charge in [0.25, 0.3) is 0 Å². The number of rotatable bonds is 6. The number of phenolic OH excluding ortho intramolecular Hbond substituents is 1. The van der Waals surface area contributed by atoms with Crippen molar-refractivity contribution in [3.8, 4) is 5.75 Å². The second kappa shape index (κ2) is 6.09. The van der Waals surface area contributed by atoms with Crippen molar-refractivity contribution in [1.82, 2.24) is 4.98 Å². The van der Waals surface area contributed by atoms with Gasteiger partial charge in [0, 0.05) is 23.5 Å². The molecule has 1 aromatic heterocycles. The molecular weight excluding hydrogens is 252 g/mol. The van der Waals surface area contributed by atoms with Crippen molar-refractivity contribution in [2.24, 2.45) is 5.41 Å². The van der Waals surface area contributed by atoms with Gasteiger partial charge in [-0.1, -0.05) is 19.9 Å². The molecule has 0 atom stereocenters. The summed E-state index contributed by atoms with van der Waals surface area (Å²) in [5.74, 6) is 0.978. The lowest BCUT2D eigenvalue weighted by Crippen LogP contribution is -2.32. The predicted molar refractivity (Wildman–Crippen MR) is 82.0 cm³/mol. The number of aromatic hydroxyl groups is 1. The summed E-state index contributed by atoms with van der Waals surface area (Å²) in [6, 6.07) is 7.17. The zero-order valence-corrected chi connectivity index (χ0v) is 12.1. The van der Waals surface area contributed by atoms with Crippen LogP contribution in [0.15, 0.2) is 30.5 Å². The first-order valence-electron chi connectivity index (χ1n) is 7.06. The van der Waals surface area contributed by atoms with Crippen LogP contribution < -0.4 is 5.32 Å². The third-order valence-corrected chi connectivity index (χ3v) is 4.22. The molecule has 2 aromatic rings. The van der Waals surface area contributed by atoms with Crippen molar-refractivity contribution in [3.05, 3.63) is 30.5 Å². The van der Waals surface area contributed by atoms with E-state index in [1.807, 2.05) is 12.1 Å². The smallest absolute Gasteiger partial charge is 0.133 e. The van der Waals surface area contributed by atoms with Gasteiger partial charge >= 0.3 is 0 Å². The summed E-state index contributed by atoms with van der Waals surface area (Å²) >= 11 is 0. The first-order valence-corrected chi connectivity index (χ1v) is 7.06. The minimum absolute atomic E-state index is 0.124. The van der Waals surface area contributed by atoms with Gasteiger partial charge < -0.3 is 15.5 Å². The van der Waals surface area contributed by atoms with Crippen LogP contribution in [0.25, 0.3) is 10.8 Å². The Balaban J connectivity index is 2.28. The summed E-state index contributed by atoms with van der Waals surface area (Å²) in [7, 11) is 0. The fourth-order valence-electron chi connectivity index (χ4n) is 2.35. The number of aliphatic hydroxyl groups excluding tert-OH is 1. The molecule has 0 fully saturated rings. The van der Waals surface area contributed by atoms with Crippen molar-refractivity contribution < 1.29 is 10.2 Å². The second-order valence-electron chi connectivity index (χ2n) is 5.28. The van der Waals surface area contributed by atoms with Crippen LogP contribution in [0.3, 0.4) is 0 Å². The van der Waals surface area contributed by atoms with Crippen molar-refractivity contribution in [3.63, 3.8) is 0 Å². The average Bonchev–Trinajstić information content (AvgIpc) is 2.49. The lowest BCUT2D eigenvalue weighted by molar-refractivity contribution is 0.127. The average molecular weight is 274 g/mol. The molecule has 1 aromatic carbocycles. The highest BCUT2D eigenvalue weighted by Gasteiger charge is 2.25. The van der Waals surface area contributed by atoms with Crippen LogP contribution in [-0.2, 0) is 0 Å². The van der Waals surface area contributed by atoms with Crippen LogP contribution in [0.1, 0.15) is 26.7 Å². The molecule has 4 heteroatoms. The molecule has 108 valence electrons. The van der Waals surface area contributed by atoms with E-state index >= 15 is 0 Å². The van der Waals surface area contributed by atoms with E-state index in [1.54, 1.807) is 18.3 Å². The Morgan fingerprint density at radius 1 is 1.20 bits per heavy atom. The number of anilines is 1. The lowest BCUT2D eigenvalue weighted by atomic mass is 9.83. The number of benzene rings is 1. The number of hydrogen-bond donors (Lipinski definition) is 3. The lowest BCUT2D eigenvalue weighted by Gasteiger charge is -2.30. The van der Waals surface area contributed by atoms with Crippen LogP contribution in [0.4, 0.5) is 5.82 Å². The normalized spacial score (nSPS) is 11.8. The van der Waals surface area contributed by atoms with E-state index in [-0.39, 0.29) is 17.8 Å². The van der Waals surface area contributed by atoms with Crippen molar-refractivity contribution >= 4 is 16.6 Å². The van der Waals surface area contributed by atoms with Crippen molar-refractivity contribution in [2.75, 3.05) is 18.5 Å². The molecule has 20 heavy (non-hydrogen) atoms. The van der Waals surface area contributed by atoms with E-state index in [1.165, 1.54) is 0 Å². The second-order valence-corrected chi connectivity index (χ2v) is 5.28. The molecular formula is C16H22N2O2. The number of aromatic nitrogens is 1. The molecule has 2 rings (SSSR count). The molecule has 0 unspecified atom stereocenters. The van der Waals surface area contributed by atoms with Gasteiger partial charge in [0.05, 0.1) is 6.61 Å². The van der Waals surface area contributed by atoms with Crippen molar-refractivity contribution in [2.45, 2.75) is 26.7 Å². The minimum Gasteiger partial charge on any atom is -0.508 e. The zero-order valence-electron chi connectivity index (χ0n) is 12.1. The van der Waals surface area contributed by atoms with E-state index in [4.69, 9.17) is 0 Å². The summed E-state index contributed by atoms with van der Waals surface area (Å²) < 4.78 is 0. The SMILES string of the molecule is CCC(CC)(CO)CNc1nccc2ccc(O)cc12. The van der Waals surface area contributed by atoms with Crippen LogP contribution in [0.5, 0.6) is 5.75 Å². The maximum absolute atomic E-state index is 9.63. The summed E-state index contributed by atoms with van der Waals surface area (Å²) in [5.41, 5.74) is -0.124. The number of phenols is 1. The fraction of sp³-hybridized carbons (Fsp3) is 0.438. The molecule has 0 aliphatic rings. The van der Waals surface area contributed by atoms with E-state index in [0.29, 0.717) is 6.54 Å². The fourth-order valence-corrected chi connectivity index (χ4v) is 2.35. The van der Waals surface area contributed by atoms with Crippen LogP contribution in [-0.4, -0.2) is 28.3 Å². The van der Waals surface area contributed by atoms with Gasteiger partial charge in [0.1, 0.15) is 11.6 Å². The highest BCUT2D eigenvalue weighted by molar-refractivity contribution is 5.92. The standard InChI is InChI=1S/C16H22N2O2/c1-3-16(4-2,11-19)10-18-15-14-9-13(20)6-5-12(14)7-8-17-15/h5-9,19-20H,3-4,10-11H2,1-2H3,(H,17,18). The zero-order chi connectivity index (χ0) is 14.6. The number of nitrogens with one attached hydrogen (secondary N) is 1. The Morgan fingerprint density at radius 2 is 1.95 bits per heavy atom. The quantitative estimate of drug-likeness (QED) is 0.757. The first kappa shape index (κ1) is 14.6. The molecule has 0 aliphatic carbocycles. The highest BCUT2D eigenvalue weighted by atomic mass is 16.3. The van der Waals surface area contributed by atoms with Gasteiger partial charge in [0.2, 0.25) is 0 Å². The van der Waals surface area contributed by atoms with Gasteiger partial charge in [-0.25, -0.2) is 4.98 Å². The number of aliphatic hydroxyl groups is 1. The molecule has 0 radical (unpaired) electrons. The summed E-state index contributed by atoms with van der Waals surface area (Å²) in [6.45, 7) is 4.99. The Bertz CT molecular complexity index is 571. The number of hydrogen-bond acceptors (Lipinski definition) is 4. The predicted octanol–water partition coefficient (Wildman–Crippen LogP) is 3.15. The van der Waals surface area contributed by atoms with Gasteiger partial charge in [-0.05, 0) is 36.4 Å². The van der Waals surface area contributed by atoms with Crippen LogP contribution in [0, 0.1) is 5.41 Å². The molecule has 0 bridgehead atoms. The highest BCUT2D eigenvalue weighted by Crippen LogP contribution is 2.29. The maximum atomic E-state index is 9.63. The Hall–Kier alpha value is -1.81. The minimum atomic E-state index is -0.124. The van der Waals surface area contributed by atoms with Crippen LogP contribution in [0.2, 0.25) is 0 Å². The maximum Gasteiger partial charge on any atom is 0.133 e. The molecule has 0 saturated carbocycles. The summed E-state index contributed by atoms with van der Waals surface area (Å²) in [5, 5.41) is 24.5. The number of nitrogens with zero attached hydrogens (tertiary/aromatic N) is 1.